The molecule has 0 radical (unpaired) electrons. The summed E-state index contributed by atoms with van der Waals surface area (Å²) < 4.78 is 0. The Hall–Kier alpha value is -2.25. The van der Waals surface area contributed by atoms with Crippen molar-refractivity contribution in [3.63, 3.8) is 0 Å². The third-order valence-electron chi connectivity index (χ3n) is 2.82. The fourth-order valence-corrected chi connectivity index (χ4v) is 2.84. The van der Waals surface area contributed by atoms with Crippen LogP contribution in [0.2, 0.25) is 0 Å². The van der Waals surface area contributed by atoms with Gasteiger partial charge in [0.15, 0.2) is 0 Å². The minimum Gasteiger partial charge on any atom is -0.478 e. The molecule has 0 spiro atoms. The molecular weight excluding hydrogens is 270 g/mol. The molecule has 4 heteroatoms. The van der Waals surface area contributed by atoms with Crippen molar-refractivity contribution in [1.82, 2.24) is 0 Å². The molecule has 0 amide bonds. The molecule has 2 aromatic rings. The lowest BCUT2D eigenvalue weighted by Gasteiger charge is -2.06. The minimum atomic E-state index is -0.903. The molecule has 0 atom stereocenters. The standard InChI is InChI=1S/C16H13NO2S/c17-9-8-12-4-3-6-14(10-12)20-11-13-5-1-2-7-15(13)16(18)19/h1-7,10H,8,11H2,(H,18,19). The molecule has 0 saturated carbocycles. The number of carbonyl (C=O) groups is 1. The molecule has 0 aliphatic rings. The van der Waals surface area contributed by atoms with Crippen molar-refractivity contribution in [3.8, 4) is 6.07 Å². The van der Waals surface area contributed by atoms with Crippen LogP contribution < -0.4 is 0 Å². The first-order valence-corrected chi connectivity index (χ1v) is 7.09. The van der Waals surface area contributed by atoms with E-state index in [4.69, 9.17) is 10.4 Å². The van der Waals surface area contributed by atoms with Crippen molar-refractivity contribution in [1.29, 1.82) is 5.26 Å². The maximum atomic E-state index is 11.1. The molecule has 0 aliphatic heterocycles. The van der Waals surface area contributed by atoms with Gasteiger partial charge in [0, 0.05) is 10.6 Å². The Balaban J connectivity index is 2.11. The number of carboxylic acid groups (broad SMARTS) is 1. The smallest absolute Gasteiger partial charge is 0.335 e. The van der Waals surface area contributed by atoms with Crippen LogP contribution in [0, 0.1) is 11.3 Å². The Kier molecular flexibility index (Phi) is 4.80. The highest BCUT2D eigenvalue weighted by molar-refractivity contribution is 7.98. The lowest BCUT2D eigenvalue weighted by atomic mass is 10.1. The van der Waals surface area contributed by atoms with Crippen LogP contribution in [0.15, 0.2) is 53.4 Å². The van der Waals surface area contributed by atoms with Crippen molar-refractivity contribution >= 4 is 17.7 Å². The molecule has 0 bridgehead atoms. The summed E-state index contributed by atoms with van der Waals surface area (Å²) in [4.78, 5) is 12.2. The second kappa shape index (κ2) is 6.78. The van der Waals surface area contributed by atoms with Gasteiger partial charge in [-0.05, 0) is 29.3 Å². The first-order valence-electron chi connectivity index (χ1n) is 6.10. The summed E-state index contributed by atoms with van der Waals surface area (Å²) in [6.45, 7) is 0. The van der Waals surface area contributed by atoms with Crippen LogP contribution in [-0.4, -0.2) is 11.1 Å². The van der Waals surface area contributed by atoms with E-state index in [2.05, 4.69) is 6.07 Å². The summed E-state index contributed by atoms with van der Waals surface area (Å²) in [6, 6.07) is 16.9. The molecular formula is C16H13NO2S. The number of benzene rings is 2. The zero-order valence-electron chi connectivity index (χ0n) is 10.7. The van der Waals surface area contributed by atoms with Crippen LogP contribution in [0.1, 0.15) is 21.5 Å². The summed E-state index contributed by atoms with van der Waals surface area (Å²) in [5.74, 6) is -0.308. The third-order valence-corrected chi connectivity index (χ3v) is 3.87. The molecule has 0 fully saturated rings. The highest BCUT2D eigenvalue weighted by Crippen LogP contribution is 2.25. The lowest BCUT2D eigenvalue weighted by Crippen LogP contribution is -2.00. The Morgan fingerprint density at radius 1 is 1.20 bits per heavy atom. The van der Waals surface area contributed by atoms with E-state index < -0.39 is 5.97 Å². The topological polar surface area (TPSA) is 61.1 Å². The van der Waals surface area contributed by atoms with Crippen LogP contribution in [-0.2, 0) is 12.2 Å². The van der Waals surface area contributed by atoms with Crippen molar-refractivity contribution in [2.75, 3.05) is 0 Å². The van der Waals surface area contributed by atoms with Crippen molar-refractivity contribution < 1.29 is 9.90 Å². The quantitative estimate of drug-likeness (QED) is 0.849. The normalized spacial score (nSPS) is 9.95. The van der Waals surface area contributed by atoms with Crippen LogP contribution in [0.5, 0.6) is 0 Å². The zero-order valence-corrected chi connectivity index (χ0v) is 11.6. The van der Waals surface area contributed by atoms with Crippen LogP contribution in [0.4, 0.5) is 0 Å². The molecule has 100 valence electrons. The highest BCUT2D eigenvalue weighted by atomic mass is 32.2. The fourth-order valence-electron chi connectivity index (χ4n) is 1.85. The average Bonchev–Trinajstić information content (AvgIpc) is 2.46. The van der Waals surface area contributed by atoms with E-state index in [-0.39, 0.29) is 0 Å². The summed E-state index contributed by atoms with van der Waals surface area (Å²) in [6.07, 6.45) is 0.389. The predicted octanol–water partition coefficient (Wildman–Crippen LogP) is 3.74. The number of rotatable bonds is 5. The second-order valence-electron chi connectivity index (χ2n) is 4.23. The Labute approximate surface area is 121 Å². The largest absolute Gasteiger partial charge is 0.478 e. The van der Waals surface area contributed by atoms with Gasteiger partial charge in [-0.2, -0.15) is 5.26 Å². The highest BCUT2D eigenvalue weighted by Gasteiger charge is 2.09. The molecule has 0 aliphatic carbocycles. The van der Waals surface area contributed by atoms with Gasteiger partial charge in [0.25, 0.3) is 0 Å². The molecule has 20 heavy (non-hydrogen) atoms. The van der Waals surface area contributed by atoms with Crippen LogP contribution in [0.25, 0.3) is 0 Å². The van der Waals surface area contributed by atoms with Gasteiger partial charge in [-0.3, -0.25) is 0 Å². The molecule has 2 aromatic carbocycles. The van der Waals surface area contributed by atoms with Gasteiger partial charge in [0.05, 0.1) is 18.1 Å². The summed E-state index contributed by atoms with van der Waals surface area (Å²) in [5, 5.41) is 17.8. The Morgan fingerprint density at radius 3 is 2.75 bits per heavy atom. The number of hydrogen-bond acceptors (Lipinski definition) is 3. The van der Waals surface area contributed by atoms with Crippen molar-refractivity contribution in [2.45, 2.75) is 17.1 Å². The van der Waals surface area contributed by atoms with Gasteiger partial charge in [0.2, 0.25) is 0 Å². The molecule has 2 rings (SSSR count). The molecule has 0 saturated heterocycles. The number of nitriles is 1. The van der Waals surface area contributed by atoms with E-state index in [1.165, 1.54) is 0 Å². The maximum absolute atomic E-state index is 11.1. The average molecular weight is 283 g/mol. The monoisotopic (exact) mass is 283 g/mol. The van der Waals surface area contributed by atoms with Gasteiger partial charge in [-0.25, -0.2) is 4.79 Å². The Morgan fingerprint density at radius 2 is 2.00 bits per heavy atom. The summed E-state index contributed by atoms with van der Waals surface area (Å²) in [7, 11) is 0. The molecule has 1 N–H and O–H groups in total. The predicted molar refractivity (Wildman–Crippen MR) is 78.7 cm³/mol. The SMILES string of the molecule is N#CCc1cccc(SCc2ccccc2C(=O)O)c1. The van der Waals surface area contributed by atoms with E-state index in [9.17, 15) is 4.79 Å². The van der Waals surface area contributed by atoms with Gasteiger partial charge in [-0.1, -0.05) is 30.3 Å². The van der Waals surface area contributed by atoms with E-state index in [1.54, 1.807) is 23.9 Å². The number of aromatic carboxylic acids is 1. The van der Waals surface area contributed by atoms with Gasteiger partial charge in [-0.15, -0.1) is 11.8 Å². The Bertz CT molecular complexity index is 662. The van der Waals surface area contributed by atoms with E-state index >= 15 is 0 Å². The van der Waals surface area contributed by atoms with Gasteiger partial charge < -0.3 is 5.11 Å². The maximum Gasteiger partial charge on any atom is 0.335 e. The van der Waals surface area contributed by atoms with Crippen LogP contribution >= 0.6 is 11.8 Å². The van der Waals surface area contributed by atoms with Crippen molar-refractivity contribution in [2.24, 2.45) is 0 Å². The van der Waals surface area contributed by atoms with Gasteiger partial charge in [0.1, 0.15) is 0 Å². The van der Waals surface area contributed by atoms with Gasteiger partial charge >= 0.3 is 5.97 Å². The third kappa shape index (κ3) is 3.62. The van der Waals surface area contributed by atoms with Crippen LogP contribution in [0.3, 0.4) is 0 Å². The van der Waals surface area contributed by atoms with E-state index in [0.717, 1.165) is 16.0 Å². The summed E-state index contributed by atoms with van der Waals surface area (Å²) >= 11 is 1.57. The number of thioether (sulfide) groups is 1. The minimum absolute atomic E-state index is 0.341. The molecule has 0 heterocycles. The van der Waals surface area contributed by atoms with E-state index in [0.29, 0.717) is 17.7 Å². The molecule has 3 nitrogen and oxygen atoms in total. The molecule has 0 unspecified atom stereocenters. The number of nitrogens with zero attached hydrogens (tertiary/aromatic N) is 1. The lowest BCUT2D eigenvalue weighted by molar-refractivity contribution is 0.0696. The number of carboxylic acids is 1. The van der Waals surface area contributed by atoms with Crippen molar-refractivity contribution in [3.05, 3.63) is 65.2 Å². The molecule has 0 aromatic heterocycles. The first kappa shape index (κ1) is 14.2. The zero-order chi connectivity index (χ0) is 14.4. The number of hydrogen-bond donors (Lipinski definition) is 1. The van der Waals surface area contributed by atoms with E-state index in [1.807, 2.05) is 36.4 Å². The summed E-state index contributed by atoms with van der Waals surface area (Å²) in [5.41, 5.74) is 2.12. The first-order chi connectivity index (χ1) is 9.70. The second-order valence-corrected chi connectivity index (χ2v) is 5.28. The fraction of sp³-hybridized carbons (Fsp3) is 0.125.